The number of thiazole rings is 1. The predicted octanol–water partition coefficient (Wildman–Crippen LogP) is -0.159. The molecule has 2 heterocycles. The summed E-state index contributed by atoms with van der Waals surface area (Å²) in [6.07, 6.45) is -0.0258. The first-order valence-electron chi connectivity index (χ1n) is 5.06. The average Bonchev–Trinajstić information content (AvgIpc) is 2.74. The number of primary sulfonamides is 1. The summed E-state index contributed by atoms with van der Waals surface area (Å²) >= 11 is 1.50. The van der Waals surface area contributed by atoms with Gasteiger partial charge < -0.3 is 4.90 Å². The minimum atomic E-state index is -3.64. The fourth-order valence-corrected chi connectivity index (χ4v) is 3.15. The van der Waals surface area contributed by atoms with Crippen LogP contribution in [0.4, 0.5) is 0 Å². The van der Waals surface area contributed by atoms with Gasteiger partial charge in [0.15, 0.2) is 0 Å². The Hall–Kier alpha value is -0.990. The second-order valence-electron chi connectivity index (χ2n) is 4.05. The Labute approximate surface area is 103 Å². The SMILES string of the molecule is Cc1nc(CN2CC(S(N)(=O)=O)CC2=O)cs1. The molecule has 0 bridgehead atoms. The van der Waals surface area contributed by atoms with Gasteiger partial charge in [-0.3, -0.25) is 4.79 Å². The Kier molecular flexibility index (Phi) is 3.19. The molecule has 1 unspecified atom stereocenters. The van der Waals surface area contributed by atoms with E-state index in [0.717, 1.165) is 10.7 Å². The van der Waals surface area contributed by atoms with Crippen molar-refractivity contribution in [3.8, 4) is 0 Å². The molecule has 1 amide bonds. The summed E-state index contributed by atoms with van der Waals surface area (Å²) in [7, 11) is -3.64. The molecule has 17 heavy (non-hydrogen) atoms. The highest BCUT2D eigenvalue weighted by molar-refractivity contribution is 7.89. The Morgan fingerprint density at radius 3 is 2.82 bits per heavy atom. The van der Waals surface area contributed by atoms with Crippen LogP contribution in [0.5, 0.6) is 0 Å². The Morgan fingerprint density at radius 1 is 1.65 bits per heavy atom. The molecule has 6 nitrogen and oxygen atoms in total. The number of sulfonamides is 1. The van der Waals surface area contributed by atoms with Gasteiger partial charge in [0.1, 0.15) is 5.25 Å². The maximum Gasteiger partial charge on any atom is 0.224 e. The molecule has 1 saturated heterocycles. The quantitative estimate of drug-likeness (QED) is 0.829. The summed E-state index contributed by atoms with van der Waals surface area (Å²) in [5.74, 6) is -0.185. The molecule has 8 heteroatoms. The van der Waals surface area contributed by atoms with Crippen molar-refractivity contribution >= 4 is 27.3 Å². The Morgan fingerprint density at radius 2 is 2.35 bits per heavy atom. The van der Waals surface area contributed by atoms with E-state index in [1.165, 1.54) is 16.2 Å². The first kappa shape index (κ1) is 12.5. The normalized spacial score (nSPS) is 21.2. The van der Waals surface area contributed by atoms with Gasteiger partial charge in [-0.2, -0.15) is 0 Å². The van der Waals surface area contributed by atoms with E-state index in [9.17, 15) is 13.2 Å². The summed E-state index contributed by atoms with van der Waals surface area (Å²) < 4.78 is 22.3. The lowest BCUT2D eigenvalue weighted by molar-refractivity contribution is -0.128. The number of amides is 1. The van der Waals surface area contributed by atoms with Crippen molar-refractivity contribution in [2.45, 2.75) is 25.1 Å². The molecule has 2 rings (SSSR count). The van der Waals surface area contributed by atoms with Crippen molar-refractivity contribution in [2.75, 3.05) is 6.54 Å². The lowest BCUT2D eigenvalue weighted by atomic mass is 10.4. The average molecular weight is 275 g/mol. The van der Waals surface area contributed by atoms with Gasteiger partial charge in [0.2, 0.25) is 15.9 Å². The van der Waals surface area contributed by atoms with E-state index in [-0.39, 0.29) is 18.9 Å². The highest BCUT2D eigenvalue weighted by Gasteiger charge is 2.36. The number of hydrogen-bond donors (Lipinski definition) is 1. The van der Waals surface area contributed by atoms with Gasteiger partial charge in [0, 0.05) is 18.3 Å². The van der Waals surface area contributed by atoms with Crippen LogP contribution in [0.2, 0.25) is 0 Å². The Bertz CT molecular complexity index is 537. The second-order valence-corrected chi connectivity index (χ2v) is 6.95. The minimum Gasteiger partial charge on any atom is -0.335 e. The molecule has 1 aromatic heterocycles. The van der Waals surface area contributed by atoms with Crippen LogP contribution in [0.25, 0.3) is 0 Å². The van der Waals surface area contributed by atoms with Crippen molar-refractivity contribution in [1.82, 2.24) is 9.88 Å². The molecule has 1 atom stereocenters. The smallest absolute Gasteiger partial charge is 0.224 e. The summed E-state index contributed by atoms with van der Waals surface area (Å²) in [4.78, 5) is 17.4. The van der Waals surface area contributed by atoms with Gasteiger partial charge in [0.25, 0.3) is 0 Å². The van der Waals surface area contributed by atoms with Gasteiger partial charge in [-0.25, -0.2) is 18.5 Å². The fourth-order valence-electron chi connectivity index (χ4n) is 1.79. The number of aryl methyl sites for hydroxylation is 1. The first-order valence-corrected chi connectivity index (χ1v) is 7.55. The maximum atomic E-state index is 11.6. The molecule has 94 valence electrons. The van der Waals surface area contributed by atoms with Crippen LogP contribution in [0, 0.1) is 6.92 Å². The van der Waals surface area contributed by atoms with Crippen molar-refractivity contribution in [3.05, 3.63) is 16.1 Å². The van der Waals surface area contributed by atoms with Crippen LogP contribution in [-0.2, 0) is 21.4 Å². The summed E-state index contributed by atoms with van der Waals surface area (Å²) in [5, 5.41) is 7.05. The zero-order chi connectivity index (χ0) is 12.6. The van der Waals surface area contributed by atoms with Crippen LogP contribution >= 0.6 is 11.3 Å². The number of likely N-dealkylation sites (tertiary alicyclic amines) is 1. The molecule has 1 aromatic rings. The Balaban J connectivity index is 2.07. The van der Waals surface area contributed by atoms with E-state index in [1.807, 2.05) is 12.3 Å². The molecule has 1 aliphatic rings. The molecular formula is C9H13N3O3S2. The molecule has 0 aromatic carbocycles. The number of nitrogens with zero attached hydrogens (tertiary/aromatic N) is 2. The number of rotatable bonds is 3. The number of hydrogen-bond acceptors (Lipinski definition) is 5. The first-order chi connectivity index (χ1) is 7.86. The summed E-state index contributed by atoms with van der Waals surface area (Å²) in [5.41, 5.74) is 0.788. The molecule has 2 N–H and O–H groups in total. The third-order valence-corrected chi connectivity index (χ3v) is 4.73. The second kappa shape index (κ2) is 4.35. The highest BCUT2D eigenvalue weighted by atomic mass is 32.2. The molecular weight excluding hydrogens is 262 g/mol. The largest absolute Gasteiger partial charge is 0.335 e. The van der Waals surface area contributed by atoms with Gasteiger partial charge in [-0.05, 0) is 6.92 Å². The van der Waals surface area contributed by atoms with E-state index in [2.05, 4.69) is 4.98 Å². The van der Waals surface area contributed by atoms with E-state index >= 15 is 0 Å². The fraction of sp³-hybridized carbons (Fsp3) is 0.556. The maximum absolute atomic E-state index is 11.6. The van der Waals surface area contributed by atoms with Crippen molar-refractivity contribution in [1.29, 1.82) is 0 Å². The van der Waals surface area contributed by atoms with E-state index in [1.54, 1.807) is 0 Å². The van der Waals surface area contributed by atoms with Gasteiger partial charge in [-0.1, -0.05) is 0 Å². The number of nitrogens with two attached hydrogens (primary N) is 1. The summed E-state index contributed by atoms with van der Waals surface area (Å²) in [6, 6.07) is 0. The zero-order valence-corrected chi connectivity index (χ0v) is 10.9. The van der Waals surface area contributed by atoms with E-state index in [4.69, 9.17) is 5.14 Å². The van der Waals surface area contributed by atoms with Crippen molar-refractivity contribution in [3.63, 3.8) is 0 Å². The zero-order valence-electron chi connectivity index (χ0n) is 9.29. The van der Waals surface area contributed by atoms with E-state index in [0.29, 0.717) is 6.54 Å². The third-order valence-electron chi connectivity index (χ3n) is 2.66. The predicted molar refractivity (Wildman–Crippen MR) is 63.8 cm³/mol. The van der Waals surface area contributed by atoms with Crippen molar-refractivity contribution in [2.24, 2.45) is 5.14 Å². The van der Waals surface area contributed by atoms with E-state index < -0.39 is 15.3 Å². The van der Waals surface area contributed by atoms with Crippen LogP contribution in [0.3, 0.4) is 0 Å². The number of carbonyl (C=O) groups is 1. The van der Waals surface area contributed by atoms with Gasteiger partial charge in [-0.15, -0.1) is 11.3 Å². The van der Waals surface area contributed by atoms with Gasteiger partial charge in [0.05, 0.1) is 17.2 Å². The van der Waals surface area contributed by atoms with Crippen LogP contribution in [-0.4, -0.2) is 36.0 Å². The van der Waals surface area contributed by atoms with Crippen LogP contribution in [0.15, 0.2) is 5.38 Å². The molecule has 0 aliphatic carbocycles. The number of aromatic nitrogens is 1. The monoisotopic (exact) mass is 275 g/mol. The van der Waals surface area contributed by atoms with Crippen LogP contribution in [0.1, 0.15) is 17.1 Å². The standard InChI is InChI=1S/C9H13N3O3S2/c1-6-11-7(5-16-6)3-12-4-8(2-9(12)13)17(10,14)15/h5,8H,2-4H2,1H3,(H2,10,14,15). The summed E-state index contributed by atoms with van der Waals surface area (Å²) in [6.45, 7) is 2.40. The third kappa shape index (κ3) is 2.82. The number of carbonyl (C=O) groups excluding carboxylic acids is 1. The van der Waals surface area contributed by atoms with Crippen molar-refractivity contribution < 1.29 is 13.2 Å². The topological polar surface area (TPSA) is 93.4 Å². The molecule has 0 saturated carbocycles. The van der Waals surface area contributed by atoms with Crippen LogP contribution < -0.4 is 5.14 Å². The molecule has 1 aliphatic heterocycles. The van der Waals surface area contributed by atoms with Gasteiger partial charge >= 0.3 is 0 Å². The lowest BCUT2D eigenvalue weighted by Crippen LogP contribution is -2.32. The highest BCUT2D eigenvalue weighted by Crippen LogP contribution is 2.19. The molecule has 0 radical (unpaired) electrons. The lowest BCUT2D eigenvalue weighted by Gasteiger charge is -2.14. The minimum absolute atomic E-state index is 0.0258. The molecule has 0 spiro atoms. The molecule has 1 fully saturated rings.